The predicted octanol–water partition coefficient (Wildman–Crippen LogP) is 2.48. The molecule has 1 aliphatic heterocycles. The molecule has 1 heterocycles. The number of hydrogen-bond donors (Lipinski definition) is 1. The van der Waals surface area contributed by atoms with Crippen molar-refractivity contribution in [2.24, 2.45) is 0 Å². The van der Waals surface area contributed by atoms with Gasteiger partial charge in [-0.2, -0.15) is 0 Å². The van der Waals surface area contributed by atoms with Crippen molar-refractivity contribution in [1.82, 2.24) is 0 Å². The minimum absolute atomic E-state index is 0.750. The third-order valence-electron chi connectivity index (χ3n) is 2.75. The van der Waals surface area contributed by atoms with E-state index >= 15 is 0 Å². The summed E-state index contributed by atoms with van der Waals surface area (Å²) in [5.74, 6) is 0. The Hall–Kier alpha value is -1.31. The molecular formula is C12H16N2. The van der Waals surface area contributed by atoms with Gasteiger partial charge in [-0.3, -0.25) is 0 Å². The highest BCUT2D eigenvalue weighted by Crippen LogP contribution is 2.20. The van der Waals surface area contributed by atoms with Crippen molar-refractivity contribution in [1.29, 1.82) is 5.41 Å². The minimum Gasteiger partial charge on any atom is -0.372 e. The molecule has 1 fully saturated rings. The quantitative estimate of drug-likeness (QED) is 0.725. The number of nitrogens with one attached hydrogen (secondary N) is 1. The monoisotopic (exact) mass is 188 g/mol. The first kappa shape index (κ1) is 9.25. The van der Waals surface area contributed by atoms with E-state index in [1.807, 2.05) is 0 Å². The van der Waals surface area contributed by atoms with E-state index < -0.39 is 0 Å². The number of rotatable bonds is 3. The molecule has 0 aliphatic carbocycles. The van der Waals surface area contributed by atoms with E-state index in [2.05, 4.69) is 29.2 Å². The van der Waals surface area contributed by atoms with Crippen LogP contribution in [0, 0.1) is 5.41 Å². The third-order valence-corrected chi connectivity index (χ3v) is 2.75. The van der Waals surface area contributed by atoms with Crippen molar-refractivity contribution in [3.05, 3.63) is 29.8 Å². The van der Waals surface area contributed by atoms with Crippen LogP contribution in [0.2, 0.25) is 0 Å². The molecule has 0 bridgehead atoms. The Labute approximate surface area is 85.1 Å². The van der Waals surface area contributed by atoms with Gasteiger partial charge in [0, 0.05) is 25.2 Å². The maximum absolute atomic E-state index is 7.03. The molecule has 1 aliphatic rings. The highest BCUT2D eigenvalue weighted by atomic mass is 15.1. The second kappa shape index (κ2) is 4.27. The largest absolute Gasteiger partial charge is 0.372 e. The molecule has 0 radical (unpaired) electrons. The van der Waals surface area contributed by atoms with Crippen LogP contribution in [0.25, 0.3) is 0 Å². The molecule has 0 atom stereocenters. The normalized spacial score (nSPS) is 15.9. The van der Waals surface area contributed by atoms with Crippen LogP contribution >= 0.6 is 0 Å². The van der Waals surface area contributed by atoms with Crippen molar-refractivity contribution in [3.63, 3.8) is 0 Å². The Morgan fingerprint density at radius 3 is 2.36 bits per heavy atom. The van der Waals surface area contributed by atoms with Crippen LogP contribution < -0.4 is 4.90 Å². The average Bonchev–Trinajstić information content (AvgIpc) is 2.72. The van der Waals surface area contributed by atoms with Gasteiger partial charge >= 0.3 is 0 Å². The molecule has 0 spiro atoms. The molecule has 1 aromatic rings. The van der Waals surface area contributed by atoms with Gasteiger partial charge in [0.15, 0.2) is 0 Å². The molecular weight excluding hydrogens is 172 g/mol. The van der Waals surface area contributed by atoms with E-state index in [4.69, 9.17) is 5.41 Å². The van der Waals surface area contributed by atoms with Crippen LogP contribution in [0.5, 0.6) is 0 Å². The molecule has 0 aromatic heterocycles. The Morgan fingerprint density at radius 2 is 1.79 bits per heavy atom. The number of benzene rings is 1. The van der Waals surface area contributed by atoms with Crippen molar-refractivity contribution < 1.29 is 0 Å². The fraction of sp³-hybridized carbons (Fsp3) is 0.417. The first-order valence-corrected chi connectivity index (χ1v) is 5.23. The molecule has 2 rings (SSSR count). The average molecular weight is 188 g/mol. The van der Waals surface area contributed by atoms with E-state index in [0.717, 1.165) is 6.42 Å². The lowest BCUT2D eigenvalue weighted by Gasteiger charge is -2.17. The highest BCUT2D eigenvalue weighted by Gasteiger charge is 2.11. The first-order chi connectivity index (χ1) is 6.90. The first-order valence-electron chi connectivity index (χ1n) is 5.23. The summed E-state index contributed by atoms with van der Waals surface area (Å²) in [4.78, 5) is 2.42. The molecule has 74 valence electrons. The van der Waals surface area contributed by atoms with Gasteiger partial charge in [0.05, 0.1) is 0 Å². The fourth-order valence-electron chi connectivity index (χ4n) is 1.94. The lowest BCUT2D eigenvalue weighted by atomic mass is 10.1. The second-order valence-electron chi connectivity index (χ2n) is 3.77. The van der Waals surface area contributed by atoms with Gasteiger partial charge in [-0.05, 0) is 36.8 Å². The minimum atomic E-state index is 0.750. The zero-order valence-electron chi connectivity index (χ0n) is 8.37. The van der Waals surface area contributed by atoms with E-state index in [1.165, 1.54) is 43.4 Å². The highest BCUT2D eigenvalue weighted by molar-refractivity contribution is 5.59. The van der Waals surface area contributed by atoms with Crippen LogP contribution in [-0.4, -0.2) is 19.3 Å². The molecule has 1 N–H and O–H groups in total. The van der Waals surface area contributed by atoms with E-state index in [-0.39, 0.29) is 0 Å². The maximum atomic E-state index is 7.03. The predicted molar refractivity (Wildman–Crippen MR) is 60.4 cm³/mol. The summed E-state index contributed by atoms with van der Waals surface area (Å²) < 4.78 is 0. The standard InChI is InChI=1S/C12H16N2/c13-8-7-11-3-5-12(6-4-11)14-9-1-2-10-14/h3-6,8,13H,1-2,7,9-10H2. The van der Waals surface area contributed by atoms with Crippen LogP contribution in [0.1, 0.15) is 18.4 Å². The van der Waals surface area contributed by atoms with Crippen LogP contribution in [-0.2, 0) is 6.42 Å². The summed E-state index contributed by atoms with van der Waals surface area (Å²) in [7, 11) is 0. The van der Waals surface area contributed by atoms with E-state index in [0.29, 0.717) is 0 Å². The molecule has 1 saturated heterocycles. The van der Waals surface area contributed by atoms with E-state index in [1.54, 1.807) is 0 Å². The molecule has 2 heteroatoms. The number of nitrogens with zero attached hydrogens (tertiary/aromatic N) is 1. The van der Waals surface area contributed by atoms with Gasteiger partial charge in [-0.1, -0.05) is 12.1 Å². The molecule has 0 amide bonds. The summed E-state index contributed by atoms with van der Waals surface area (Å²) in [5.41, 5.74) is 2.55. The summed E-state index contributed by atoms with van der Waals surface area (Å²) in [6.07, 6.45) is 4.84. The molecule has 2 nitrogen and oxygen atoms in total. The molecule has 0 unspecified atom stereocenters. The van der Waals surface area contributed by atoms with E-state index in [9.17, 15) is 0 Å². The molecule has 1 aromatic carbocycles. The van der Waals surface area contributed by atoms with Crippen molar-refractivity contribution in [2.45, 2.75) is 19.3 Å². The van der Waals surface area contributed by atoms with Crippen molar-refractivity contribution in [2.75, 3.05) is 18.0 Å². The van der Waals surface area contributed by atoms with Gasteiger partial charge in [-0.15, -0.1) is 0 Å². The van der Waals surface area contributed by atoms with Gasteiger partial charge < -0.3 is 10.3 Å². The molecule has 0 saturated carbocycles. The Balaban J connectivity index is 2.08. The molecule has 14 heavy (non-hydrogen) atoms. The smallest absolute Gasteiger partial charge is 0.0366 e. The van der Waals surface area contributed by atoms with Crippen LogP contribution in [0.4, 0.5) is 5.69 Å². The zero-order valence-corrected chi connectivity index (χ0v) is 8.37. The number of hydrogen-bond acceptors (Lipinski definition) is 2. The topological polar surface area (TPSA) is 27.1 Å². The number of anilines is 1. The summed E-state index contributed by atoms with van der Waals surface area (Å²) in [6, 6.07) is 8.59. The second-order valence-corrected chi connectivity index (χ2v) is 3.77. The van der Waals surface area contributed by atoms with Crippen LogP contribution in [0.15, 0.2) is 24.3 Å². The Kier molecular flexibility index (Phi) is 2.82. The summed E-state index contributed by atoms with van der Waals surface area (Å²) in [5, 5.41) is 7.03. The SMILES string of the molecule is N=CCc1ccc(N2CCCC2)cc1. The zero-order chi connectivity index (χ0) is 9.80. The summed E-state index contributed by atoms with van der Waals surface area (Å²) >= 11 is 0. The Bertz CT molecular complexity index is 297. The lowest BCUT2D eigenvalue weighted by molar-refractivity contribution is 0.949. The van der Waals surface area contributed by atoms with Crippen molar-refractivity contribution >= 4 is 11.9 Å². The third kappa shape index (κ3) is 1.95. The van der Waals surface area contributed by atoms with Gasteiger partial charge in [0.25, 0.3) is 0 Å². The Morgan fingerprint density at radius 1 is 1.14 bits per heavy atom. The fourth-order valence-corrected chi connectivity index (χ4v) is 1.94. The van der Waals surface area contributed by atoms with Crippen molar-refractivity contribution in [3.8, 4) is 0 Å². The maximum Gasteiger partial charge on any atom is 0.0366 e. The van der Waals surface area contributed by atoms with Gasteiger partial charge in [-0.25, -0.2) is 0 Å². The van der Waals surface area contributed by atoms with Gasteiger partial charge in [0.1, 0.15) is 0 Å². The van der Waals surface area contributed by atoms with Crippen LogP contribution in [0.3, 0.4) is 0 Å². The van der Waals surface area contributed by atoms with Gasteiger partial charge in [0.2, 0.25) is 0 Å². The lowest BCUT2D eigenvalue weighted by Crippen LogP contribution is -2.17. The summed E-state index contributed by atoms with van der Waals surface area (Å²) in [6.45, 7) is 2.40.